The Bertz CT molecular complexity index is 1410. The minimum absolute atomic E-state index is 0.0706. The molecule has 52 heavy (non-hydrogen) atoms. The fourth-order valence-corrected chi connectivity index (χ4v) is 19.5. The van der Waals surface area contributed by atoms with Crippen LogP contribution in [0.3, 0.4) is 0 Å². The molecule has 0 aliphatic rings. The maximum absolute atomic E-state index is 14.2. The molecular formula is C38H58F6INO4S2. The Kier molecular flexibility index (Phi) is 21.1. The predicted octanol–water partition coefficient (Wildman–Crippen LogP) is 13.1. The van der Waals surface area contributed by atoms with E-state index in [0.29, 0.717) is 24.0 Å². The second-order valence-corrected chi connectivity index (χ2v) is 23.3. The van der Waals surface area contributed by atoms with Gasteiger partial charge in [-0.1, -0.05) is 26.7 Å². The average Bonchev–Trinajstić information content (AvgIpc) is 3.08. The molecule has 0 unspecified atom stereocenters. The van der Waals surface area contributed by atoms with Crippen molar-refractivity contribution in [1.29, 1.82) is 0 Å². The summed E-state index contributed by atoms with van der Waals surface area (Å²) in [4.78, 5) is 0. The zero-order valence-corrected chi connectivity index (χ0v) is 34.5. The monoisotopic (exact) mass is 897 g/mol. The molecule has 0 heterocycles. The first kappa shape index (κ1) is 46.8. The average molecular weight is 898 g/mol. The van der Waals surface area contributed by atoms with Gasteiger partial charge < -0.3 is 0 Å². The van der Waals surface area contributed by atoms with E-state index < -0.39 is 53.1 Å². The Morgan fingerprint density at radius 3 is 1.02 bits per heavy atom. The van der Waals surface area contributed by atoms with Crippen LogP contribution in [0, 0.1) is 7.14 Å². The quantitative estimate of drug-likeness (QED) is 0.0388. The molecule has 0 amide bonds. The SMILES string of the molecule is CCCCCCCCCCCCc1ccccc1I(c1ccccc1CCCCCCCCCCCC)N(S(=O)(=O)C(F)(F)F)S(=O)(=O)C(F)(F)F. The van der Waals surface area contributed by atoms with Gasteiger partial charge in [-0.25, -0.2) is 0 Å². The van der Waals surface area contributed by atoms with Crippen LogP contribution in [0.25, 0.3) is 0 Å². The third kappa shape index (κ3) is 14.7. The number of rotatable bonds is 27. The van der Waals surface area contributed by atoms with Crippen LogP contribution in [0.5, 0.6) is 0 Å². The summed E-state index contributed by atoms with van der Waals surface area (Å²) in [6.07, 6.45) is 20.9. The van der Waals surface area contributed by atoms with E-state index >= 15 is 0 Å². The van der Waals surface area contributed by atoms with Gasteiger partial charge >= 0.3 is 291 Å². The van der Waals surface area contributed by atoms with Crippen molar-refractivity contribution in [3.8, 4) is 0 Å². The fourth-order valence-electron chi connectivity index (χ4n) is 6.09. The number of alkyl halides is 6. The fraction of sp³-hybridized carbons (Fsp3) is 0.684. The number of halogens is 7. The molecule has 0 bridgehead atoms. The van der Waals surface area contributed by atoms with Crippen molar-refractivity contribution in [2.75, 3.05) is 0 Å². The molecule has 2 aromatic carbocycles. The van der Waals surface area contributed by atoms with Crippen LogP contribution in [-0.4, -0.2) is 29.8 Å². The topological polar surface area (TPSA) is 71.5 Å². The molecule has 0 N–H and O–H groups in total. The summed E-state index contributed by atoms with van der Waals surface area (Å²) in [6, 6.07) is 11.7. The van der Waals surface area contributed by atoms with E-state index in [-0.39, 0.29) is 20.0 Å². The van der Waals surface area contributed by atoms with Crippen LogP contribution < -0.4 is 0 Å². The number of unbranched alkanes of at least 4 members (excludes halogenated alkanes) is 18. The predicted molar refractivity (Wildman–Crippen MR) is 207 cm³/mol. The molecule has 0 radical (unpaired) electrons. The van der Waals surface area contributed by atoms with Gasteiger partial charge in [-0.3, -0.25) is 0 Å². The first-order valence-corrected chi connectivity index (χ1v) is 24.9. The van der Waals surface area contributed by atoms with Gasteiger partial charge in [-0.15, -0.1) is 0 Å². The standard InChI is InChI=1S/C38H58F6INO4S2/c1-3-5-7-9-11-13-15-17-19-21-27-33-29-23-25-31-35(33)45(46(51(47,48)37(39,40)41)52(49,50)38(42,43)44)36-32-26-24-30-34(36)28-22-20-18-16-14-12-10-8-6-4-2/h23-26,29-32H,3-22,27-28H2,1-2H3. The number of hydrogen-bond donors (Lipinski definition) is 0. The van der Waals surface area contributed by atoms with E-state index in [9.17, 15) is 43.2 Å². The van der Waals surface area contributed by atoms with E-state index in [1.807, 2.05) is 0 Å². The maximum atomic E-state index is 14.2. The Morgan fingerprint density at radius 2 is 0.731 bits per heavy atom. The third-order valence-electron chi connectivity index (χ3n) is 9.00. The van der Waals surface area contributed by atoms with Crippen molar-refractivity contribution in [2.24, 2.45) is 0 Å². The Morgan fingerprint density at radius 1 is 0.462 bits per heavy atom. The van der Waals surface area contributed by atoms with Crippen LogP contribution in [0.1, 0.15) is 153 Å². The van der Waals surface area contributed by atoms with Gasteiger partial charge in [-0.2, -0.15) is 0 Å². The van der Waals surface area contributed by atoms with E-state index in [4.69, 9.17) is 0 Å². The van der Waals surface area contributed by atoms with Crippen molar-refractivity contribution in [2.45, 2.75) is 166 Å². The molecule has 0 saturated heterocycles. The molecule has 0 fully saturated rings. The molecule has 0 spiro atoms. The summed E-state index contributed by atoms with van der Waals surface area (Å²) in [5.74, 6) is 0. The van der Waals surface area contributed by atoms with E-state index in [1.54, 1.807) is 24.3 Å². The van der Waals surface area contributed by atoms with Gasteiger partial charge in [0.2, 0.25) is 0 Å². The second-order valence-electron chi connectivity index (χ2n) is 13.4. The molecular weight excluding hydrogens is 839 g/mol. The molecule has 2 aromatic rings. The molecule has 14 heteroatoms. The van der Waals surface area contributed by atoms with Crippen molar-refractivity contribution < 1.29 is 43.2 Å². The van der Waals surface area contributed by atoms with Crippen molar-refractivity contribution in [3.05, 3.63) is 66.8 Å². The first-order valence-electron chi connectivity index (χ1n) is 18.9. The van der Waals surface area contributed by atoms with Gasteiger partial charge in [0, 0.05) is 0 Å². The van der Waals surface area contributed by atoms with Crippen LogP contribution in [0.4, 0.5) is 26.3 Å². The summed E-state index contributed by atoms with van der Waals surface area (Å²) in [5, 5.41) is 0. The van der Waals surface area contributed by atoms with E-state index in [2.05, 4.69) is 13.8 Å². The number of nitrogens with zero attached hydrogens (tertiary/aromatic N) is 1. The summed E-state index contributed by atoms with van der Waals surface area (Å²) >= 11 is -4.81. The number of hydrogen-bond acceptors (Lipinski definition) is 4. The Labute approximate surface area is 316 Å². The Hall–Kier alpha value is -1.39. The summed E-state index contributed by atoms with van der Waals surface area (Å²) < 4.78 is 137. The van der Waals surface area contributed by atoms with Crippen LogP contribution in [-0.2, 0) is 32.9 Å². The Balaban J connectivity index is 2.46. The van der Waals surface area contributed by atoms with Gasteiger partial charge in [0.25, 0.3) is 0 Å². The summed E-state index contributed by atoms with van der Waals surface area (Å²) in [5.41, 5.74) is -11.9. The molecule has 2 rings (SSSR count). The molecule has 300 valence electrons. The molecule has 0 saturated carbocycles. The number of aryl methyl sites for hydroxylation is 2. The molecule has 0 aliphatic heterocycles. The second kappa shape index (κ2) is 23.5. The van der Waals surface area contributed by atoms with E-state index in [1.165, 1.54) is 75.6 Å². The third-order valence-corrected chi connectivity index (χ3v) is 22.2. The normalized spacial score (nSPS) is 13.2. The molecule has 0 aromatic heterocycles. The van der Waals surface area contributed by atoms with Crippen molar-refractivity contribution >= 4 is 40.1 Å². The summed E-state index contributed by atoms with van der Waals surface area (Å²) in [7, 11) is -14.0. The molecule has 0 atom stereocenters. The van der Waals surface area contributed by atoms with Gasteiger partial charge in [0.05, 0.1) is 0 Å². The van der Waals surface area contributed by atoms with Gasteiger partial charge in [0.1, 0.15) is 0 Å². The van der Waals surface area contributed by atoms with Crippen molar-refractivity contribution in [1.82, 2.24) is 1.92 Å². The number of sulfonamides is 2. The molecule has 0 aliphatic carbocycles. The van der Waals surface area contributed by atoms with Crippen molar-refractivity contribution in [3.63, 3.8) is 0 Å². The van der Waals surface area contributed by atoms with Crippen LogP contribution in [0.2, 0.25) is 0 Å². The first-order chi connectivity index (χ1) is 24.6. The van der Waals surface area contributed by atoms with Gasteiger partial charge in [-0.05, 0) is 0 Å². The summed E-state index contributed by atoms with van der Waals surface area (Å²) in [6.45, 7) is 4.31. The zero-order chi connectivity index (χ0) is 38.7. The molecule has 5 nitrogen and oxygen atoms in total. The zero-order valence-electron chi connectivity index (χ0n) is 30.7. The minimum atomic E-state index is -7.00. The van der Waals surface area contributed by atoms with E-state index in [0.717, 1.165) is 64.2 Å². The van der Waals surface area contributed by atoms with Crippen LogP contribution in [0.15, 0.2) is 48.5 Å². The number of benzene rings is 2. The van der Waals surface area contributed by atoms with Crippen LogP contribution >= 0.6 is 20.1 Å². The van der Waals surface area contributed by atoms with Gasteiger partial charge in [0.15, 0.2) is 0 Å².